The van der Waals surface area contributed by atoms with E-state index >= 15 is 0 Å². The minimum Gasteiger partial charge on any atom is -0.330 e. The quantitative estimate of drug-likeness (QED) is 0.758. The molecule has 3 N–H and O–H groups in total. The van der Waals surface area contributed by atoms with Crippen molar-refractivity contribution in [3.05, 3.63) is 34.1 Å². The van der Waals surface area contributed by atoms with Crippen molar-refractivity contribution in [2.45, 2.75) is 32.1 Å². The van der Waals surface area contributed by atoms with E-state index in [2.05, 4.69) is 21.2 Å². The van der Waals surface area contributed by atoms with Gasteiger partial charge in [-0.25, -0.2) is 4.39 Å². The Morgan fingerprint density at radius 3 is 2.72 bits per heavy atom. The van der Waals surface area contributed by atoms with Crippen molar-refractivity contribution in [1.29, 1.82) is 0 Å². The summed E-state index contributed by atoms with van der Waals surface area (Å²) in [7, 11) is 0. The van der Waals surface area contributed by atoms with Gasteiger partial charge in [-0.15, -0.1) is 0 Å². The number of halogens is 2. The van der Waals surface area contributed by atoms with Gasteiger partial charge in [0.1, 0.15) is 5.82 Å². The van der Waals surface area contributed by atoms with E-state index in [4.69, 9.17) is 5.73 Å². The minimum absolute atomic E-state index is 0.146. The van der Waals surface area contributed by atoms with Crippen molar-refractivity contribution in [3.8, 4) is 0 Å². The number of nitrogens with one attached hydrogen (secondary N) is 1. The Hall–Kier alpha value is -0.450. The van der Waals surface area contributed by atoms with E-state index in [1.807, 2.05) is 19.9 Å². The topological polar surface area (TPSA) is 38.0 Å². The molecule has 4 heteroatoms. The SMILES string of the molecule is CC(C)(CNCCCCN)c1cc(Br)ccc1F. The van der Waals surface area contributed by atoms with Crippen LogP contribution in [0.5, 0.6) is 0 Å². The van der Waals surface area contributed by atoms with Crippen LogP contribution in [0.1, 0.15) is 32.3 Å². The Morgan fingerprint density at radius 2 is 2.06 bits per heavy atom. The lowest BCUT2D eigenvalue weighted by Gasteiger charge is -2.26. The van der Waals surface area contributed by atoms with E-state index in [-0.39, 0.29) is 11.2 Å². The number of rotatable bonds is 7. The lowest BCUT2D eigenvalue weighted by Crippen LogP contribution is -2.34. The second-order valence-corrected chi connectivity index (χ2v) is 6.10. The van der Waals surface area contributed by atoms with Crippen LogP contribution in [0.3, 0.4) is 0 Å². The summed E-state index contributed by atoms with van der Waals surface area (Å²) in [5.41, 5.74) is 5.95. The molecular weight excluding hydrogens is 295 g/mol. The van der Waals surface area contributed by atoms with Gasteiger partial charge in [0, 0.05) is 16.4 Å². The number of nitrogens with two attached hydrogens (primary N) is 1. The van der Waals surface area contributed by atoms with E-state index < -0.39 is 0 Å². The van der Waals surface area contributed by atoms with Crippen LogP contribution in [0, 0.1) is 5.82 Å². The molecule has 0 unspecified atom stereocenters. The zero-order chi connectivity index (χ0) is 13.6. The van der Waals surface area contributed by atoms with Crippen molar-refractivity contribution < 1.29 is 4.39 Å². The van der Waals surface area contributed by atoms with Gasteiger partial charge >= 0.3 is 0 Å². The maximum Gasteiger partial charge on any atom is 0.127 e. The first-order valence-corrected chi connectivity index (χ1v) is 7.13. The van der Waals surface area contributed by atoms with Gasteiger partial charge in [-0.2, -0.15) is 0 Å². The molecule has 0 spiro atoms. The molecule has 18 heavy (non-hydrogen) atoms. The largest absolute Gasteiger partial charge is 0.330 e. The van der Waals surface area contributed by atoms with Crippen molar-refractivity contribution in [2.24, 2.45) is 5.73 Å². The first-order chi connectivity index (χ1) is 8.47. The van der Waals surface area contributed by atoms with Gasteiger partial charge in [-0.1, -0.05) is 29.8 Å². The molecular formula is C14H22BrFN2. The van der Waals surface area contributed by atoms with Crippen molar-refractivity contribution in [3.63, 3.8) is 0 Å². The van der Waals surface area contributed by atoms with Crippen LogP contribution in [-0.4, -0.2) is 19.6 Å². The van der Waals surface area contributed by atoms with Crippen LogP contribution in [-0.2, 0) is 5.41 Å². The van der Waals surface area contributed by atoms with Crippen molar-refractivity contribution >= 4 is 15.9 Å². The molecule has 0 saturated carbocycles. The molecule has 0 bridgehead atoms. The summed E-state index contributed by atoms with van der Waals surface area (Å²) in [5, 5.41) is 3.37. The van der Waals surface area contributed by atoms with E-state index in [0.717, 1.165) is 42.5 Å². The molecule has 0 fully saturated rings. The molecule has 0 radical (unpaired) electrons. The molecule has 1 aromatic carbocycles. The Balaban J connectivity index is 2.59. The maximum absolute atomic E-state index is 13.8. The molecule has 0 aromatic heterocycles. The third-order valence-electron chi connectivity index (χ3n) is 3.03. The van der Waals surface area contributed by atoms with E-state index in [1.54, 1.807) is 6.07 Å². The summed E-state index contributed by atoms with van der Waals surface area (Å²) in [4.78, 5) is 0. The molecule has 1 rings (SSSR count). The lowest BCUT2D eigenvalue weighted by atomic mass is 9.84. The van der Waals surface area contributed by atoms with Crippen LogP contribution in [0.15, 0.2) is 22.7 Å². The number of benzene rings is 1. The highest BCUT2D eigenvalue weighted by atomic mass is 79.9. The first kappa shape index (κ1) is 15.6. The Bertz CT molecular complexity index is 380. The summed E-state index contributed by atoms with van der Waals surface area (Å²) in [5.74, 6) is -0.146. The average Bonchev–Trinajstić information content (AvgIpc) is 2.32. The van der Waals surface area contributed by atoms with Crippen LogP contribution in [0.25, 0.3) is 0 Å². The fourth-order valence-corrected chi connectivity index (χ4v) is 2.27. The predicted molar refractivity (Wildman–Crippen MR) is 78.3 cm³/mol. The summed E-state index contributed by atoms with van der Waals surface area (Å²) < 4.78 is 14.7. The Labute approximate surface area is 117 Å². The lowest BCUT2D eigenvalue weighted by molar-refractivity contribution is 0.441. The van der Waals surface area contributed by atoms with Gasteiger partial charge in [0.15, 0.2) is 0 Å². The third kappa shape index (κ3) is 4.67. The van der Waals surface area contributed by atoms with Crippen LogP contribution in [0.2, 0.25) is 0 Å². The summed E-state index contributed by atoms with van der Waals surface area (Å²) in [6.07, 6.45) is 2.09. The van der Waals surface area contributed by atoms with Gasteiger partial charge in [0.05, 0.1) is 0 Å². The van der Waals surface area contributed by atoms with Gasteiger partial charge < -0.3 is 11.1 Å². The van der Waals surface area contributed by atoms with Gasteiger partial charge in [-0.05, 0) is 49.7 Å². The van der Waals surface area contributed by atoms with Crippen molar-refractivity contribution in [2.75, 3.05) is 19.6 Å². The number of hydrogen-bond donors (Lipinski definition) is 2. The zero-order valence-electron chi connectivity index (χ0n) is 11.1. The highest BCUT2D eigenvalue weighted by Crippen LogP contribution is 2.27. The van der Waals surface area contributed by atoms with Crippen LogP contribution in [0.4, 0.5) is 4.39 Å². The zero-order valence-corrected chi connectivity index (χ0v) is 12.7. The van der Waals surface area contributed by atoms with E-state index in [9.17, 15) is 4.39 Å². The second-order valence-electron chi connectivity index (χ2n) is 5.18. The molecule has 0 aliphatic carbocycles. The number of hydrogen-bond acceptors (Lipinski definition) is 2. The minimum atomic E-state index is -0.226. The van der Waals surface area contributed by atoms with Crippen molar-refractivity contribution in [1.82, 2.24) is 5.32 Å². The normalized spacial score (nSPS) is 11.8. The molecule has 2 nitrogen and oxygen atoms in total. The monoisotopic (exact) mass is 316 g/mol. The highest BCUT2D eigenvalue weighted by Gasteiger charge is 2.23. The molecule has 1 aromatic rings. The third-order valence-corrected chi connectivity index (χ3v) is 3.53. The summed E-state index contributed by atoms with van der Waals surface area (Å²) >= 11 is 3.39. The van der Waals surface area contributed by atoms with Crippen LogP contribution >= 0.6 is 15.9 Å². The van der Waals surface area contributed by atoms with Gasteiger partial charge in [0.25, 0.3) is 0 Å². The van der Waals surface area contributed by atoms with Crippen LogP contribution < -0.4 is 11.1 Å². The summed E-state index contributed by atoms with van der Waals surface area (Å²) in [6.45, 7) is 6.51. The fourth-order valence-electron chi connectivity index (χ4n) is 1.91. The Morgan fingerprint density at radius 1 is 1.33 bits per heavy atom. The molecule has 0 saturated heterocycles. The van der Waals surface area contributed by atoms with E-state index in [0.29, 0.717) is 0 Å². The number of unbranched alkanes of at least 4 members (excludes halogenated alkanes) is 1. The maximum atomic E-state index is 13.8. The molecule has 0 aliphatic heterocycles. The smallest absolute Gasteiger partial charge is 0.127 e. The van der Waals surface area contributed by atoms with E-state index in [1.165, 1.54) is 6.07 Å². The standard InChI is InChI=1S/C14H22BrFN2/c1-14(2,10-18-8-4-3-7-17)12-9-11(15)5-6-13(12)16/h5-6,9,18H,3-4,7-8,10,17H2,1-2H3. The fraction of sp³-hybridized carbons (Fsp3) is 0.571. The Kier molecular flexibility index (Phi) is 6.26. The summed E-state index contributed by atoms with van der Waals surface area (Å²) in [6, 6.07) is 5.09. The van der Waals surface area contributed by atoms with Gasteiger partial charge in [0.2, 0.25) is 0 Å². The predicted octanol–water partition coefficient (Wildman–Crippen LogP) is 3.19. The molecule has 0 atom stereocenters. The first-order valence-electron chi connectivity index (χ1n) is 6.33. The molecule has 0 amide bonds. The molecule has 0 aliphatic rings. The molecule has 102 valence electrons. The molecule has 0 heterocycles. The highest BCUT2D eigenvalue weighted by molar-refractivity contribution is 9.10. The second kappa shape index (κ2) is 7.22. The average molecular weight is 317 g/mol. The van der Waals surface area contributed by atoms with Gasteiger partial charge in [-0.3, -0.25) is 0 Å².